The van der Waals surface area contributed by atoms with Crippen molar-refractivity contribution in [3.8, 4) is 0 Å². The van der Waals surface area contributed by atoms with Crippen LogP contribution < -0.4 is 0 Å². The first kappa shape index (κ1) is 18.6. The van der Waals surface area contributed by atoms with Gasteiger partial charge in [0.1, 0.15) is 6.42 Å². The summed E-state index contributed by atoms with van der Waals surface area (Å²) in [5.74, 6) is -20.4. The van der Waals surface area contributed by atoms with E-state index in [4.69, 9.17) is 5.11 Å². The molecular formula is C9H7F9O2. The smallest absolute Gasteiger partial charge is 0.395 e. The Bertz CT molecular complexity index is 408. The van der Waals surface area contributed by atoms with Crippen LogP contribution in [0.4, 0.5) is 39.5 Å². The Hall–Kier alpha value is -1.42. The molecule has 0 aromatic heterocycles. The topological polar surface area (TPSA) is 37.3 Å². The summed E-state index contributed by atoms with van der Waals surface area (Å²) in [5, 5.41) is 8.19. The zero-order chi connectivity index (χ0) is 16.6. The van der Waals surface area contributed by atoms with E-state index in [2.05, 4.69) is 0 Å². The van der Waals surface area contributed by atoms with Crippen molar-refractivity contribution in [2.45, 2.75) is 37.3 Å². The van der Waals surface area contributed by atoms with E-state index in [9.17, 15) is 44.3 Å². The number of halogens is 9. The van der Waals surface area contributed by atoms with Gasteiger partial charge in [0, 0.05) is 11.6 Å². The van der Waals surface area contributed by atoms with E-state index in [0.717, 1.165) is 0 Å². The highest BCUT2D eigenvalue weighted by Gasteiger charge is 2.72. The quantitative estimate of drug-likeness (QED) is 0.617. The lowest BCUT2D eigenvalue weighted by atomic mass is 9.99. The monoisotopic (exact) mass is 318 g/mol. The van der Waals surface area contributed by atoms with E-state index in [1.54, 1.807) is 0 Å². The zero-order valence-electron chi connectivity index (χ0n) is 9.54. The molecule has 0 aliphatic rings. The predicted molar refractivity (Wildman–Crippen MR) is 46.9 cm³/mol. The Kier molecular flexibility index (Phi) is 4.80. The molecule has 0 spiro atoms. The molecule has 0 rings (SSSR count). The lowest BCUT2D eigenvalue weighted by molar-refractivity contribution is -0.318. The second-order valence-corrected chi connectivity index (χ2v) is 3.83. The maximum atomic E-state index is 12.9. The van der Waals surface area contributed by atoms with E-state index < -0.39 is 48.0 Å². The fraction of sp³-hybridized carbons (Fsp3) is 0.667. The van der Waals surface area contributed by atoms with Crippen LogP contribution in [0.25, 0.3) is 0 Å². The van der Waals surface area contributed by atoms with Crippen LogP contribution in [-0.2, 0) is 4.79 Å². The van der Waals surface area contributed by atoms with Crippen molar-refractivity contribution in [1.82, 2.24) is 0 Å². The molecule has 0 unspecified atom stereocenters. The lowest BCUT2D eigenvalue weighted by Gasteiger charge is -2.31. The average Bonchev–Trinajstić information content (AvgIpc) is 2.11. The summed E-state index contributed by atoms with van der Waals surface area (Å²) in [4.78, 5) is 10.2. The van der Waals surface area contributed by atoms with Gasteiger partial charge in [-0.05, 0) is 6.92 Å². The van der Waals surface area contributed by atoms with Crippen molar-refractivity contribution in [3.05, 3.63) is 11.6 Å². The molecular weight excluding hydrogens is 311 g/mol. The minimum absolute atomic E-state index is 0.397. The van der Waals surface area contributed by atoms with Crippen molar-refractivity contribution in [2.75, 3.05) is 0 Å². The van der Waals surface area contributed by atoms with E-state index >= 15 is 0 Å². The van der Waals surface area contributed by atoms with Gasteiger partial charge in [-0.15, -0.1) is 0 Å². The molecule has 0 atom stereocenters. The highest BCUT2D eigenvalue weighted by molar-refractivity contribution is 5.86. The summed E-state index contributed by atoms with van der Waals surface area (Å²) in [6.45, 7) is 0.397. The second-order valence-electron chi connectivity index (χ2n) is 3.83. The standard InChI is InChI=1S/C9H7F9O2/c1-4(5(19)20)2-6(10,11)9(17,18)7(12,13)3-8(14,15)16/h2H,3H2,1H3,(H,19,20). The summed E-state index contributed by atoms with van der Waals surface area (Å²) < 4.78 is 112. The molecule has 0 aliphatic heterocycles. The van der Waals surface area contributed by atoms with Gasteiger partial charge in [-0.3, -0.25) is 0 Å². The van der Waals surface area contributed by atoms with Crippen LogP contribution in [0.3, 0.4) is 0 Å². The zero-order valence-corrected chi connectivity index (χ0v) is 9.54. The number of carboxylic acids is 1. The molecule has 0 saturated heterocycles. The van der Waals surface area contributed by atoms with Crippen molar-refractivity contribution >= 4 is 5.97 Å². The third kappa shape index (κ3) is 4.04. The summed E-state index contributed by atoms with van der Waals surface area (Å²) in [6, 6.07) is 0. The largest absolute Gasteiger partial charge is 0.478 e. The molecule has 1 N–H and O–H groups in total. The second kappa shape index (κ2) is 5.17. The number of rotatable bonds is 5. The average molecular weight is 318 g/mol. The summed E-state index contributed by atoms with van der Waals surface area (Å²) in [6.07, 6.45) is -10.3. The summed E-state index contributed by atoms with van der Waals surface area (Å²) >= 11 is 0. The van der Waals surface area contributed by atoms with E-state index in [1.807, 2.05) is 0 Å². The Morgan fingerprint density at radius 2 is 1.40 bits per heavy atom. The Balaban J connectivity index is 5.60. The van der Waals surface area contributed by atoms with E-state index in [1.165, 1.54) is 0 Å². The van der Waals surface area contributed by atoms with Crippen molar-refractivity contribution in [2.24, 2.45) is 0 Å². The Morgan fingerprint density at radius 1 is 1.00 bits per heavy atom. The van der Waals surface area contributed by atoms with Gasteiger partial charge in [0.05, 0.1) is 0 Å². The number of hydrogen-bond acceptors (Lipinski definition) is 1. The third-order valence-electron chi connectivity index (χ3n) is 2.04. The van der Waals surface area contributed by atoms with Crippen LogP contribution >= 0.6 is 0 Å². The number of aliphatic carboxylic acids is 1. The molecule has 0 aliphatic carbocycles. The predicted octanol–water partition coefficient (Wildman–Crippen LogP) is 3.88. The molecule has 0 amide bonds. The molecule has 0 aromatic rings. The maximum Gasteiger partial charge on any atom is 0.395 e. The minimum atomic E-state index is -6.41. The van der Waals surface area contributed by atoms with Crippen LogP contribution in [0.1, 0.15) is 13.3 Å². The number of carboxylic acid groups (broad SMARTS) is 1. The van der Waals surface area contributed by atoms with Crippen molar-refractivity contribution in [1.29, 1.82) is 0 Å². The van der Waals surface area contributed by atoms with Gasteiger partial charge in [0.2, 0.25) is 0 Å². The Morgan fingerprint density at radius 3 is 1.70 bits per heavy atom. The molecule has 118 valence electrons. The van der Waals surface area contributed by atoms with Crippen LogP contribution in [0.2, 0.25) is 0 Å². The summed E-state index contributed by atoms with van der Waals surface area (Å²) in [5.41, 5.74) is -1.42. The molecule has 0 saturated carbocycles. The highest BCUT2D eigenvalue weighted by atomic mass is 19.4. The van der Waals surface area contributed by atoms with E-state index in [0.29, 0.717) is 6.92 Å². The van der Waals surface area contributed by atoms with Gasteiger partial charge >= 0.3 is 29.9 Å². The lowest BCUT2D eigenvalue weighted by Crippen LogP contribution is -2.54. The van der Waals surface area contributed by atoms with Crippen LogP contribution in [-0.4, -0.2) is 35.0 Å². The van der Waals surface area contributed by atoms with Gasteiger partial charge in [-0.1, -0.05) is 0 Å². The number of hydrogen-bond donors (Lipinski definition) is 1. The molecule has 20 heavy (non-hydrogen) atoms. The minimum Gasteiger partial charge on any atom is -0.478 e. The van der Waals surface area contributed by atoms with Crippen LogP contribution in [0.5, 0.6) is 0 Å². The normalized spacial score (nSPS) is 15.4. The van der Waals surface area contributed by atoms with Crippen LogP contribution in [0.15, 0.2) is 11.6 Å². The maximum absolute atomic E-state index is 12.9. The third-order valence-corrected chi connectivity index (χ3v) is 2.04. The first-order valence-corrected chi connectivity index (χ1v) is 4.66. The first-order valence-electron chi connectivity index (χ1n) is 4.66. The van der Waals surface area contributed by atoms with Crippen molar-refractivity contribution < 1.29 is 49.4 Å². The number of allylic oxidation sites excluding steroid dienone is 1. The van der Waals surface area contributed by atoms with Crippen LogP contribution in [0, 0.1) is 0 Å². The van der Waals surface area contributed by atoms with Gasteiger partial charge in [0.15, 0.2) is 0 Å². The van der Waals surface area contributed by atoms with Gasteiger partial charge in [-0.2, -0.15) is 39.5 Å². The Labute approximate surface area is 105 Å². The van der Waals surface area contributed by atoms with Crippen molar-refractivity contribution in [3.63, 3.8) is 0 Å². The molecule has 11 heteroatoms. The fourth-order valence-electron chi connectivity index (χ4n) is 1.03. The van der Waals surface area contributed by atoms with Gasteiger partial charge in [0.25, 0.3) is 0 Å². The molecule has 2 nitrogen and oxygen atoms in total. The van der Waals surface area contributed by atoms with Gasteiger partial charge in [-0.25, -0.2) is 4.79 Å². The molecule has 0 heterocycles. The molecule has 0 radical (unpaired) electrons. The number of alkyl halides is 9. The van der Waals surface area contributed by atoms with E-state index in [-0.39, 0.29) is 0 Å². The highest BCUT2D eigenvalue weighted by Crippen LogP contribution is 2.50. The molecule has 0 bridgehead atoms. The SMILES string of the molecule is CC(=CC(F)(F)C(F)(F)C(F)(F)CC(F)(F)F)C(=O)O. The molecule has 0 fully saturated rings. The number of carbonyl (C=O) groups is 1. The molecule has 0 aromatic carbocycles. The van der Waals surface area contributed by atoms with Gasteiger partial charge < -0.3 is 5.11 Å². The first-order chi connectivity index (χ1) is 8.53. The summed E-state index contributed by atoms with van der Waals surface area (Å²) in [7, 11) is 0. The fourth-order valence-corrected chi connectivity index (χ4v) is 1.03.